The highest BCUT2D eigenvalue weighted by Crippen LogP contribution is 2.25. The number of carbonyl (C=O) groups excluding carboxylic acids is 2. The van der Waals surface area contributed by atoms with E-state index in [1.807, 2.05) is 30.4 Å². The zero-order valence-corrected chi connectivity index (χ0v) is 13.9. The molecule has 0 fully saturated rings. The lowest BCUT2D eigenvalue weighted by atomic mass is 10.00. The van der Waals surface area contributed by atoms with E-state index in [1.165, 1.54) is 0 Å². The summed E-state index contributed by atoms with van der Waals surface area (Å²) in [5.74, 6) is 1.67. The minimum Gasteiger partial charge on any atom is -0.353 e. The zero-order chi connectivity index (χ0) is 16.0. The maximum absolute atomic E-state index is 12.6. The molecular weight excluding hydrogens is 296 g/mol. The van der Waals surface area contributed by atoms with E-state index in [0.29, 0.717) is 18.7 Å². The largest absolute Gasteiger partial charge is 0.353 e. The molecule has 1 N–H and O–H groups in total. The molecule has 2 amide bonds. The van der Waals surface area contributed by atoms with Crippen LogP contribution in [0.2, 0.25) is 0 Å². The molecule has 22 heavy (non-hydrogen) atoms. The maximum atomic E-state index is 12.6. The Morgan fingerprint density at radius 3 is 2.73 bits per heavy atom. The van der Waals surface area contributed by atoms with Crippen LogP contribution in [-0.2, 0) is 4.79 Å². The molecule has 1 aliphatic rings. The molecule has 0 saturated carbocycles. The fraction of sp³-hybridized carbons (Fsp3) is 0.412. The number of carbonyl (C=O) groups is 2. The lowest BCUT2D eigenvalue weighted by Crippen LogP contribution is -2.55. The smallest absolute Gasteiger partial charge is 0.255 e. The highest BCUT2D eigenvalue weighted by atomic mass is 32.2. The van der Waals surface area contributed by atoms with E-state index >= 15 is 0 Å². The third-order valence-electron chi connectivity index (χ3n) is 3.75. The molecule has 0 unspecified atom stereocenters. The van der Waals surface area contributed by atoms with E-state index in [9.17, 15) is 9.59 Å². The van der Waals surface area contributed by atoms with Gasteiger partial charge in [-0.25, -0.2) is 0 Å². The number of amides is 2. The Hall–Kier alpha value is -1.75. The van der Waals surface area contributed by atoms with Gasteiger partial charge in [0.1, 0.15) is 5.54 Å². The number of nitrogens with one attached hydrogen (secondary N) is 1. The van der Waals surface area contributed by atoms with E-state index < -0.39 is 5.54 Å². The molecule has 1 heterocycles. The molecule has 5 heteroatoms. The Morgan fingerprint density at radius 1 is 1.32 bits per heavy atom. The van der Waals surface area contributed by atoms with Crippen LogP contribution >= 0.6 is 11.8 Å². The molecule has 0 aliphatic carbocycles. The second-order valence-electron chi connectivity index (χ2n) is 5.28. The van der Waals surface area contributed by atoms with E-state index in [4.69, 9.17) is 0 Å². The van der Waals surface area contributed by atoms with Crippen LogP contribution in [0.4, 0.5) is 0 Å². The summed E-state index contributed by atoms with van der Waals surface area (Å²) in [6, 6.07) is 9.08. The summed E-state index contributed by atoms with van der Waals surface area (Å²) in [7, 11) is 0. The number of rotatable bonds is 6. The van der Waals surface area contributed by atoms with E-state index in [2.05, 4.69) is 12.2 Å². The Kier molecular flexibility index (Phi) is 5.66. The van der Waals surface area contributed by atoms with Crippen molar-refractivity contribution in [2.75, 3.05) is 24.6 Å². The summed E-state index contributed by atoms with van der Waals surface area (Å²) in [4.78, 5) is 26.8. The molecule has 0 radical (unpaired) electrons. The molecule has 118 valence electrons. The first-order valence-electron chi connectivity index (χ1n) is 7.50. The van der Waals surface area contributed by atoms with Crippen molar-refractivity contribution in [2.24, 2.45) is 0 Å². The van der Waals surface area contributed by atoms with Crippen LogP contribution in [-0.4, -0.2) is 46.8 Å². The summed E-state index contributed by atoms with van der Waals surface area (Å²) in [6.45, 7) is 4.96. The Balaban J connectivity index is 2.06. The second-order valence-corrected chi connectivity index (χ2v) is 6.68. The average Bonchev–Trinajstić information content (AvgIpc) is 2.94. The Bertz CT molecular complexity index is 559. The van der Waals surface area contributed by atoms with Gasteiger partial charge in [-0.2, -0.15) is 11.8 Å². The SMILES string of the molecule is CCSCCNC(=O)[C@@]1(C)C=CCN1C(=O)c1ccccc1. The molecule has 0 spiro atoms. The van der Waals surface area contributed by atoms with Crippen LogP contribution in [0.1, 0.15) is 24.2 Å². The third kappa shape index (κ3) is 3.53. The quantitative estimate of drug-likeness (QED) is 0.647. The van der Waals surface area contributed by atoms with Crippen LogP contribution in [0.3, 0.4) is 0 Å². The van der Waals surface area contributed by atoms with Crippen molar-refractivity contribution in [3.05, 3.63) is 48.0 Å². The van der Waals surface area contributed by atoms with Gasteiger partial charge in [0.2, 0.25) is 5.91 Å². The molecule has 1 aromatic rings. The molecule has 0 bridgehead atoms. The van der Waals surface area contributed by atoms with Gasteiger partial charge in [0.25, 0.3) is 5.91 Å². The summed E-state index contributed by atoms with van der Waals surface area (Å²) in [5.41, 5.74) is -0.309. The third-order valence-corrected chi connectivity index (χ3v) is 4.65. The first kappa shape index (κ1) is 16.6. The first-order valence-corrected chi connectivity index (χ1v) is 8.66. The van der Waals surface area contributed by atoms with Gasteiger partial charge in [0.15, 0.2) is 0 Å². The van der Waals surface area contributed by atoms with Crippen LogP contribution in [0.25, 0.3) is 0 Å². The number of benzene rings is 1. The summed E-state index contributed by atoms with van der Waals surface area (Å²) < 4.78 is 0. The van der Waals surface area contributed by atoms with Gasteiger partial charge in [-0.3, -0.25) is 9.59 Å². The van der Waals surface area contributed by atoms with Crippen LogP contribution < -0.4 is 5.32 Å². The Labute approximate surface area is 136 Å². The number of nitrogens with zero attached hydrogens (tertiary/aromatic N) is 1. The van der Waals surface area contributed by atoms with Gasteiger partial charge in [0.05, 0.1) is 0 Å². The van der Waals surface area contributed by atoms with Crippen molar-refractivity contribution in [2.45, 2.75) is 19.4 Å². The van der Waals surface area contributed by atoms with E-state index in [0.717, 1.165) is 11.5 Å². The molecule has 4 nitrogen and oxygen atoms in total. The minimum atomic E-state index is -0.913. The zero-order valence-electron chi connectivity index (χ0n) is 13.0. The van der Waals surface area contributed by atoms with Crippen molar-refractivity contribution < 1.29 is 9.59 Å². The van der Waals surface area contributed by atoms with Gasteiger partial charge >= 0.3 is 0 Å². The highest BCUT2D eigenvalue weighted by molar-refractivity contribution is 7.99. The Morgan fingerprint density at radius 2 is 2.05 bits per heavy atom. The number of thioether (sulfide) groups is 1. The summed E-state index contributed by atoms with van der Waals surface area (Å²) in [6.07, 6.45) is 3.69. The summed E-state index contributed by atoms with van der Waals surface area (Å²) in [5, 5.41) is 2.93. The minimum absolute atomic E-state index is 0.119. The van der Waals surface area contributed by atoms with Gasteiger partial charge in [-0.05, 0) is 24.8 Å². The van der Waals surface area contributed by atoms with Crippen molar-refractivity contribution in [3.8, 4) is 0 Å². The summed E-state index contributed by atoms with van der Waals surface area (Å²) >= 11 is 1.78. The fourth-order valence-electron chi connectivity index (χ4n) is 2.46. The van der Waals surface area contributed by atoms with Crippen molar-refractivity contribution >= 4 is 23.6 Å². The van der Waals surface area contributed by atoms with E-state index in [-0.39, 0.29) is 11.8 Å². The average molecular weight is 318 g/mol. The van der Waals surface area contributed by atoms with Crippen molar-refractivity contribution in [1.82, 2.24) is 10.2 Å². The van der Waals surface area contributed by atoms with Crippen molar-refractivity contribution in [1.29, 1.82) is 0 Å². The maximum Gasteiger partial charge on any atom is 0.255 e. The lowest BCUT2D eigenvalue weighted by molar-refractivity contribution is -0.127. The number of hydrogen-bond donors (Lipinski definition) is 1. The van der Waals surface area contributed by atoms with Gasteiger partial charge in [0, 0.05) is 24.4 Å². The number of hydrogen-bond acceptors (Lipinski definition) is 3. The van der Waals surface area contributed by atoms with Crippen LogP contribution in [0.15, 0.2) is 42.5 Å². The molecule has 1 aliphatic heterocycles. The molecule has 1 aromatic carbocycles. The highest BCUT2D eigenvalue weighted by Gasteiger charge is 2.42. The molecule has 2 rings (SSSR count). The normalized spacial score (nSPS) is 20.2. The molecule has 0 aromatic heterocycles. The predicted molar refractivity (Wildman–Crippen MR) is 91.0 cm³/mol. The van der Waals surface area contributed by atoms with Gasteiger partial charge in [-0.15, -0.1) is 0 Å². The fourth-order valence-corrected chi connectivity index (χ4v) is 2.99. The van der Waals surface area contributed by atoms with Gasteiger partial charge < -0.3 is 10.2 Å². The topological polar surface area (TPSA) is 49.4 Å². The van der Waals surface area contributed by atoms with Gasteiger partial charge in [-0.1, -0.05) is 37.3 Å². The first-order chi connectivity index (χ1) is 10.6. The van der Waals surface area contributed by atoms with Crippen LogP contribution in [0, 0.1) is 0 Å². The van der Waals surface area contributed by atoms with Crippen LogP contribution in [0.5, 0.6) is 0 Å². The molecular formula is C17H22N2O2S. The molecule has 1 atom stereocenters. The predicted octanol–water partition coefficient (Wildman–Crippen LogP) is 2.33. The lowest BCUT2D eigenvalue weighted by Gasteiger charge is -2.33. The monoisotopic (exact) mass is 318 g/mol. The molecule has 0 saturated heterocycles. The standard InChI is InChI=1S/C17H22N2O2S/c1-3-22-13-11-18-16(21)17(2)10-7-12-19(17)15(20)14-8-5-4-6-9-14/h4-10H,3,11-13H2,1-2H3,(H,18,21)/t17-/m1/s1. The second kappa shape index (κ2) is 7.49. The van der Waals surface area contributed by atoms with E-state index in [1.54, 1.807) is 35.7 Å². The van der Waals surface area contributed by atoms with Crippen molar-refractivity contribution in [3.63, 3.8) is 0 Å².